The number of nitrogens with zero attached hydrogens (tertiary/aromatic N) is 3. The topological polar surface area (TPSA) is 105 Å². The Morgan fingerprint density at radius 2 is 1.95 bits per heavy atom. The molecule has 0 radical (unpaired) electrons. The number of fused-ring (bicyclic) bond motifs is 3. The van der Waals surface area contributed by atoms with E-state index in [1.54, 1.807) is 36.1 Å². The fourth-order valence-corrected chi connectivity index (χ4v) is 5.29. The normalized spacial score (nSPS) is 23.6. The summed E-state index contributed by atoms with van der Waals surface area (Å²) in [6.45, 7) is 1.91. The number of carbonyl (C=O) groups excluding carboxylic acids is 1. The van der Waals surface area contributed by atoms with E-state index in [1.807, 2.05) is 37.3 Å². The van der Waals surface area contributed by atoms with Crippen LogP contribution in [0.25, 0.3) is 21.9 Å². The van der Waals surface area contributed by atoms with Gasteiger partial charge in [0.2, 0.25) is 0 Å². The summed E-state index contributed by atoms with van der Waals surface area (Å²) in [5, 5.41) is 17.3. The fraction of sp³-hybridized carbons (Fsp3) is 0.333. The highest BCUT2D eigenvalue weighted by atomic mass is 32.1. The molecule has 2 aromatic heterocycles. The van der Waals surface area contributed by atoms with Crippen LogP contribution in [0, 0.1) is 6.92 Å². The van der Waals surface area contributed by atoms with Crippen molar-refractivity contribution in [1.82, 2.24) is 14.8 Å². The first kappa shape index (κ1) is 23.8. The van der Waals surface area contributed by atoms with Crippen molar-refractivity contribution in [3.05, 3.63) is 65.9 Å². The summed E-state index contributed by atoms with van der Waals surface area (Å²) in [6.07, 6.45) is -3.11. The molecule has 2 aromatic carbocycles. The lowest BCUT2D eigenvalue weighted by Crippen LogP contribution is -2.32. The molecule has 2 fully saturated rings. The van der Waals surface area contributed by atoms with E-state index in [4.69, 9.17) is 41.2 Å². The van der Waals surface area contributed by atoms with Gasteiger partial charge in [-0.05, 0) is 31.2 Å². The average Bonchev–Trinajstić information content (AvgIpc) is 3.54. The molecular formula is C27H25N3O6S. The molecule has 9 nitrogen and oxygen atoms in total. The molecule has 4 aromatic rings. The molecule has 0 aliphatic carbocycles. The zero-order chi connectivity index (χ0) is 25.7. The minimum absolute atomic E-state index is 0.0295. The Kier molecular flexibility index (Phi) is 6.02. The van der Waals surface area contributed by atoms with E-state index in [1.165, 1.54) is 0 Å². The number of carbonyl (C=O) groups is 1. The number of aryl methyl sites for hydroxylation is 1. The number of hydrogen-bond donors (Lipinski definition) is 1. The lowest BCUT2D eigenvalue weighted by atomic mass is 9.99. The van der Waals surface area contributed by atoms with Gasteiger partial charge < -0.3 is 24.1 Å². The zero-order valence-corrected chi connectivity index (χ0v) is 21.1. The molecule has 0 spiro atoms. The summed E-state index contributed by atoms with van der Waals surface area (Å²) < 4.78 is 25.0. The van der Waals surface area contributed by atoms with E-state index in [0.29, 0.717) is 11.2 Å². The first-order valence-electron chi connectivity index (χ1n) is 12.0. The number of Topliss-reactive ketones (excluding diaryl/α,β-unsaturated/α-hetero) is 1. The summed E-state index contributed by atoms with van der Waals surface area (Å²) in [7, 11) is 1.63. The van der Waals surface area contributed by atoms with Gasteiger partial charge in [-0.15, -0.1) is 0 Å². The van der Waals surface area contributed by atoms with E-state index in [-0.39, 0.29) is 23.9 Å². The van der Waals surface area contributed by atoms with Gasteiger partial charge >= 0.3 is 5.24 Å². The van der Waals surface area contributed by atoms with E-state index < -0.39 is 30.6 Å². The molecule has 37 heavy (non-hydrogen) atoms. The Balaban J connectivity index is 1.28. The van der Waals surface area contributed by atoms with Crippen molar-refractivity contribution in [1.29, 1.82) is 0 Å². The Labute approximate surface area is 217 Å². The molecule has 190 valence electrons. The summed E-state index contributed by atoms with van der Waals surface area (Å²) >= 11 is 5.19. The molecule has 4 heterocycles. The lowest BCUT2D eigenvalue weighted by Gasteiger charge is -2.20. The number of ether oxygens (including phenoxy) is 4. The van der Waals surface area contributed by atoms with Gasteiger partial charge in [-0.25, -0.2) is 9.67 Å². The number of thiocarbonyl (C=S) groups is 1. The number of hydrogen-bond acceptors (Lipinski definition) is 9. The van der Waals surface area contributed by atoms with Gasteiger partial charge in [0.1, 0.15) is 11.9 Å². The Morgan fingerprint density at radius 3 is 2.73 bits per heavy atom. The maximum Gasteiger partial charge on any atom is 0.353 e. The van der Waals surface area contributed by atoms with Crippen LogP contribution in [0.4, 0.5) is 0 Å². The van der Waals surface area contributed by atoms with Crippen LogP contribution in [0.2, 0.25) is 0 Å². The van der Waals surface area contributed by atoms with Crippen molar-refractivity contribution in [3.8, 4) is 5.75 Å². The zero-order valence-electron chi connectivity index (χ0n) is 20.2. The molecule has 5 atom stereocenters. The van der Waals surface area contributed by atoms with Crippen LogP contribution in [0.1, 0.15) is 35.1 Å². The summed E-state index contributed by atoms with van der Waals surface area (Å²) in [4.78, 5) is 17.4. The predicted molar refractivity (Wildman–Crippen MR) is 139 cm³/mol. The number of aliphatic hydroxyl groups excluding tert-OH is 1. The molecule has 2 aliphatic rings. The largest absolute Gasteiger partial charge is 0.497 e. The van der Waals surface area contributed by atoms with Crippen molar-refractivity contribution in [3.63, 3.8) is 0 Å². The summed E-state index contributed by atoms with van der Waals surface area (Å²) in [6, 6.07) is 16.6. The second kappa shape index (κ2) is 9.37. The van der Waals surface area contributed by atoms with E-state index in [2.05, 4.69) is 0 Å². The first-order chi connectivity index (χ1) is 17.9. The van der Waals surface area contributed by atoms with Crippen LogP contribution < -0.4 is 4.74 Å². The Hall–Kier alpha value is -3.60. The van der Waals surface area contributed by atoms with Gasteiger partial charge in [-0.1, -0.05) is 30.3 Å². The van der Waals surface area contributed by atoms with Crippen LogP contribution in [0.5, 0.6) is 5.75 Å². The van der Waals surface area contributed by atoms with Crippen molar-refractivity contribution in [2.75, 3.05) is 7.11 Å². The highest BCUT2D eigenvalue weighted by Gasteiger charge is 2.54. The summed E-state index contributed by atoms with van der Waals surface area (Å²) in [5.74, 6) is 0.609. The SMILES string of the molecule is COc1ccc2nc3c(cc2c1)c(C)nn3[C@@H]1O[C@H](CC(O)CC(=O)c2ccccc2)[C@H]2OC(=S)O[C@H]21. The number of pyridine rings is 1. The smallest absolute Gasteiger partial charge is 0.353 e. The molecule has 0 bridgehead atoms. The highest BCUT2D eigenvalue weighted by molar-refractivity contribution is 7.79. The molecule has 1 N–H and O–H groups in total. The molecule has 2 aliphatic heterocycles. The molecule has 0 amide bonds. The maximum atomic E-state index is 12.6. The second-order valence-electron chi connectivity index (χ2n) is 9.31. The fourth-order valence-electron chi connectivity index (χ4n) is 5.07. The number of aliphatic hydroxyl groups is 1. The second-order valence-corrected chi connectivity index (χ2v) is 9.64. The van der Waals surface area contributed by atoms with Crippen molar-refractivity contribution < 1.29 is 28.8 Å². The van der Waals surface area contributed by atoms with Gasteiger partial charge in [0, 0.05) is 41.4 Å². The molecule has 1 unspecified atom stereocenters. The number of methoxy groups -OCH3 is 1. The first-order valence-corrected chi connectivity index (χ1v) is 12.4. The van der Waals surface area contributed by atoms with Crippen molar-refractivity contribution in [2.24, 2.45) is 0 Å². The van der Waals surface area contributed by atoms with Gasteiger partial charge in [-0.2, -0.15) is 5.10 Å². The van der Waals surface area contributed by atoms with E-state index in [0.717, 1.165) is 27.7 Å². The maximum absolute atomic E-state index is 12.6. The van der Waals surface area contributed by atoms with Crippen molar-refractivity contribution in [2.45, 2.75) is 50.4 Å². The van der Waals surface area contributed by atoms with Gasteiger partial charge in [0.25, 0.3) is 0 Å². The van der Waals surface area contributed by atoms with Crippen LogP contribution in [-0.4, -0.2) is 62.4 Å². The van der Waals surface area contributed by atoms with Crippen LogP contribution >= 0.6 is 12.2 Å². The number of rotatable bonds is 7. The lowest BCUT2D eigenvalue weighted by molar-refractivity contribution is -0.0626. The monoisotopic (exact) mass is 519 g/mol. The van der Waals surface area contributed by atoms with Crippen LogP contribution in [0.15, 0.2) is 54.6 Å². The van der Waals surface area contributed by atoms with Gasteiger partial charge in [0.05, 0.1) is 24.4 Å². The van der Waals surface area contributed by atoms with Gasteiger partial charge in [0.15, 0.2) is 29.9 Å². The van der Waals surface area contributed by atoms with E-state index in [9.17, 15) is 9.90 Å². The Bertz CT molecular complexity index is 1510. The molecule has 10 heteroatoms. The molecule has 2 saturated heterocycles. The minimum atomic E-state index is -0.928. The molecule has 0 saturated carbocycles. The number of aromatic nitrogens is 3. The number of ketones is 1. The standard InChI is InChI=1S/C27H25N3O6S/c1-14-19-11-16-10-18(33-2)8-9-20(16)28-25(19)30(29-14)26-24-23(35-27(37)36-24)22(34-26)13-17(31)12-21(32)15-6-4-3-5-7-15/h3-11,17,22-24,26,31H,12-13H2,1-2H3/t17?,22-,23-,24-,26-/m1/s1. The number of benzene rings is 2. The Morgan fingerprint density at radius 1 is 1.16 bits per heavy atom. The third-order valence-electron chi connectivity index (χ3n) is 6.88. The quantitative estimate of drug-likeness (QED) is 0.288. The summed E-state index contributed by atoms with van der Waals surface area (Å²) in [5.41, 5.74) is 2.77. The van der Waals surface area contributed by atoms with Gasteiger partial charge in [-0.3, -0.25) is 4.79 Å². The highest BCUT2D eigenvalue weighted by Crippen LogP contribution is 2.41. The van der Waals surface area contributed by atoms with Crippen LogP contribution in [-0.2, 0) is 14.2 Å². The van der Waals surface area contributed by atoms with Crippen molar-refractivity contribution >= 4 is 45.2 Å². The molecule has 6 rings (SSSR count). The third kappa shape index (κ3) is 4.30. The molecular weight excluding hydrogens is 494 g/mol. The predicted octanol–water partition coefficient (Wildman–Crippen LogP) is 3.89. The van der Waals surface area contributed by atoms with E-state index >= 15 is 0 Å². The third-order valence-corrected chi connectivity index (χ3v) is 7.07. The average molecular weight is 520 g/mol. The van der Waals surface area contributed by atoms with Crippen LogP contribution in [0.3, 0.4) is 0 Å². The minimum Gasteiger partial charge on any atom is -0.497 e.